The zero-order chi connectivity index (χ0) is 31.4. The van der Waals surface area contributed by atoms with Crippen LogP contribution in [0, 0.1) is 13.8 Å². The molecule has 0 saturated carbocycles. The Bertz CT molecular complexity index is 1950. The van der Waals surface area contributed by atoms with Gasteiger partial charge in [-0.25, -0.2) is 10.2 Å². The molecule has 0 atom stereocenters. The smallest absolute Gasteiger partial charge is 0.343 e. The number of hydrogen-bond acceptors (Lipinski definition) is 7. The van der Waals surface area contributed by atoms with Crippen molar-refractivity contribution in [3.05, 3.63) is 112 Å². The molecule has 9 nitrogen and oxygen atoms in total. The normalized spacial score (nSPS) is 11.0. The number of nitrogens with zero attached hydrogens (tertiary/aromatic N) is 1. The Morgan fingerprint density at radius 1 is 0.886 bits per heavy atom. The minimum atomic E-state index is -0.671. The summed E-state index contributed by atoms with van der Waals surface area (Å²) in [5.74, 6) is -1.07. The molecule has 1 amide bonds. The van der Waals surface area contributed by atoms with Gasteiger partial charge in [0, 0.05) is 39.5 Å². The van der Waals surface area contributed by atoms with Gasteiger partial charge in [0.2, 0.25) is 0 Å². The van der Waals surface area contributed by atoms with E-state index >= 15 is 0 Å². The summed E-state index contributed by atoms with van der Waals surface area (Å²) in [6.07, 6.45) is 1.39. The van der Waals surface area contributed by atoms with Crippen molar-refractivity contribution in [1.82, 2.24) is 10.4 Å². The molecule has 0 fully saturated rings. The minimum absolute atomic E-state index is 0.175. The van der Waals surface area contributed by atoms with Gasteiger partial charge < -0.3 is 19.2 Å². The molecule has 222 valence electrons. The van der Waals surface area contributed by atoms with Gasteiger partial charge in [0.15, 0.2) is 11.5 Å². The molecule has 0 radical (unpaired) electrons. The van der Waals surface area contributed by atoms with E-state index in [0.29, 0.717) is 27.4 Å². The first-order valence-electron chi connectivity index (χ1n) is 13.5. The molecule has 10 heteroatoms. The fraction of sp³-hybridized carbons (Fsp3) is 0.118. The van der Waals surface area contributed by atoms with Gasteiger partial charge in [-0.3, -0.25) is 9.59 Å². The van der Waals surface area contributed by atoms with Crippen LogP contribution in [0.1, 0.15) is 44.5 Å². The van der Waals surface area contributed by atoms with E-state index in [4.69, 9.17) is 25.8 Å². The number of aryl methyl sites for hydroxylation is 2. The molecule has 44 heavy (non-hydrogen) atoms. The summed E-state index contributed by atoms with van der Waals surface area (Å²) in [7, 11) is 1.40. The third-order valence-corrected chi connectivity index (χ3v) is 7.09. The Hall–Kier alpha value is -5.41. The van der Waals surface area contributed by atoms with Gasteiger partial charge >= 0.3 is 11.9 Å². The first-order chi connectivity index (χ1) is 21.2. The third kappa shape index (κ3) is 6.33. The fourth-order valence-electron chi connectivity index (χ4n) is 4.86. The van der Waals surface area contributed by atoms with Crippen LogP contribution in [0.3, 0.4) is 0 Å². The lowest BCUT2D eigenvalue weighted by atomic mass is 9.99. The van der Waals surface area contributed by atoms with Crippen LogP contribution >= 0.6 is 11.6 Å². The zero-order valence-electron chi connectivity index (χ0n) is 24.4. The minimum Gasteiger partial charge on any atom is -0.493 e. The summed E-state index contributed by atoms with van der Waals surface area (Å²) >= 11 is 6.56. The number of hydrazone groups is 1. The Balaban J connectivity index is 1.39. The third-order valence-electron chi connectivity index (χ3n) is 6.76. The van der Waals surface area contributed by atoms with Gasteiger partial charge in [0.1, 0.15) is 11.4 Å². The quantitative estimate of drug-likeness (QED) is 0.0844. The Kier molecular flexibility index (Phi) is 8.78. The first-order valence-corrected chi connectivity index (χ1v) is 13.9. The van der Waals surface area contributed by atoms with Gasteiger partial charge in [0.25, 0.3) is 5.91 Å². The van der Waals surface area contributed by atoms with Crippen LogP contribution in [-0.4, -0.2) is 36.2 Å². The average molecular weight is 610 g/mol. The molecular formula is C34H28ClN3O6. The molecule has 0 spiro atoms. The number of rotatable bonds is 8. The van der Waals surface area contributed by atoms with Crippen LogP contribution < -0.4 is 19.6 Å². The molecule has 1 heterocycles. The highest BCUT2D eigenvalue weighted by molar-refractivity contribution is 6.34. The van der Waals surface area contributed by atoms with Crippen LogP contribution in [-0.2, 0) is 4.79 Å². The van der Waals surface area contributed by atoms with Crippen molar-refractivity contribution in [2.45, 2.75) is 20.8 Å². The molecule has 0 aliphatic rings. The number of benzene rings is 4. The lowest BCUT2D eigenvalue weighted by Crippen LogP contribution is -2.19. The highest BCUT2D eigenvalue weighted by Gasteiger charge is 2.22. The Labute approximate surface area is 258 Å². The largest absolute Gasteiger partial charge is 0.493 e. The van der Waals surface area contributed by atoms with E-state index in [2.05, 4.69) is 15.5 Å². The topological polar surface area (TPSA) is 119 Å². The van der Waals surface area contributed by atoms with E-state index in [9.17, 15) is 14.4 Å². The zero-order valence-corrected chi connectivity index (χ0v) is 25.1. The van der Waals surface area contributed by atoms with E-state index in [1.54, 1.807) is 30.3 Å². The van der Waals surface area contributed by atoms with Gasteiger partial charge in [-0.05, 0) is 61.9 Å². The van der Waals surface area contributed by atoms with Crippen LogP contribution in [0.2, 0.25) is 5.02 Å². The fourth-order valence-corrected chi connectivity index (χ4v) is 5.09. The summed E-state index contributed by atoms with van der Waals surface area (Å²) in [5.41, 5.74) is 7.77. The lowest BCUT2D eigenvalue weighted by molar-refractivity contribution is -0.132. The molecule has 0 bridgehead atoms. The number of ether oxygens (including phenoxy) is 3. The SMILES string of the molecule is COc1cc(C(=O)Oc2ccccc2C=NNC(=O)c2[nH]c3c(C)cc(C)cc3c2-c2ccccc2Cl)ccc1OC(C)=O. The van der Waals surface area contributed by atoms with Crippen molar-refractivity contribution < 1.29 is 28.6 Å². The van der Waals surface area contributed by atoms with E-state index < -0.39 is 17.8 Å². The highest BCUT2D eigenvalue weighted by atomic mass is 35.5. The maximum atomic E-state index is 13.5. The summed E-state index contributed by atoms with van der Waals surface area (Å²) in [4.78, 5) is 41.0. The monoisotopic (exact) mass is 609 g/mol. The van der Waals surface area contributed by atoms with E-state index in [0.717, 1.165) is 22.0 Å². The van der Waals surface area contributed by atoms with Crippen LogP contribution in [0.15, 0.2) is 84.0 Å². The second-order valence-corrected chi connectivity index (χ2v) is 10.4. The second-order valence-electron chi connectivity index (χ2n) is 9.94. The van der Waals surface area contributed by atoms with E-state index in [1.807, 2.05) is 44.2 Å². The van der Waals surface area contributed by atoms with Gasteiger partial charge in [-0.2, -0.15) is 5.10 Å². The van der Waals surface area contributed by atoms with Crippen molar-refractivity contribution in [2.75, 3.05) is 7.11 Å². The maximum Gasteiger partial charge on any atom is 0.343 e. The molecule has 2 N–H and O–H groups in total. The van der Waals surface area contributed by atoms with Crippen LogP contribution in [0.4, 0.5) is 0 Å². The summed E-state index contributed by atoms with van der Waals surface area (Å²) < 4.78 is 16.0. The number of carbonyl (C=O) groups excluding carboxylic acids is 3. The lowest BCUT2D eigenvalue weighted by Gasteiger charge is -2.11. The number of H-pyrrole nitrogens is 1. The van der Waals surface area contributed by atoms with Crippen LogP contribution in [0.25, 0.3) is 22.0 Å². The average Bonchev–Trinajstić information content (AvgIpc) is 3.37. The van der Waals surface area contributed by atoms with Crippen molar-refractivity contribution >= 4 is 46.6 Å². The summed E-state index contributed by atoms with van der Waals surface area (Å²) in [6, 6.07) is 22.5. The molecule has 0 aliphatic heterocycles. The number of hydrogen-bond donors (Lipinski definition) is 2. The Morgan fingerprint density at radius 2 is 1.64 bits per heavy atom. The standard InChI is InChI=1S/C34H28ClN3O6/c1-19-15-20(2)31-25(16-19)30(24-10-6-7-11-26(24)35)32(37-31)33(40)38-36-18-23-9-5-8-12-27(23)44-34(41)22-13-14-28(43-21(3)39)29(17-22)42-4/h5-18,37H,1-4H3,(H,38,40). The van der Waals surface area contributed by atoms with Crippen molar-refractivity contribution in [1.29, 1.82) is 0 Å². The van der Waals surface area contributed by atoms with Gasteiger partial charge in [-0.15, -0.1) is 0 Å². The molecule has 1 aromatic heterocycles. The van der Waals surface area contributed by atoms with E-state index in [1.165, 1.54) is 38.4 Å². The number of amides is 1. The summed E-state index contributed by atoms with van der Waals surface area (Å²) in [5, 5.41) is 5.54. The number of aromatic amines is 1. The van der Waals surface area contributed by atoms with Crippen molar-refractivity contribution in [3.8, 4) is 28.4 Å². The predicted octanol–water partition coefficient (Wildman–Crippen LogP) is 7.02. The predicted molar refractivity (Wildman–Crippen MR) is 169 cm³/mol. The molecule has 0 unspecified atom stereocenters. The molecule has 5 rings (SSSR count). The van der Waals surface area contributed by atoms with Crippen molar-refractivity contribution in [3.63, 3.8) is 0 Å². The molecular weight excluding hydrogens is 582 g/mol. The van der Waals surface area contributed by atoms with Gasteiger partial charge in [0.05, 0.1) is 18.9 Å². The second kappa shape index (κ2) is 12.8. The van der Waals surface area contributed by atoms with E-state index in [-0.39, 0.29) is 22.8 Å². The summed E-state index contributed by atoms with van der Waals surface area (Å²) in [6.45, 7) is 5.24. The molecule has 4 aromatic carbocycles. The number of carbonyl (C=O) groups is 3. The highest BCUT2D eigenvalue weighted by Crippen LogP contribution is 2.38. The number of halogens is 1. The van der Waals surface area contributed by atoms with Crippen LogP contribution in [0.5, 0.6) is 17.2 Å². The molecule has 0 saturated heterocycles. The Morgan fingerprint density at radius 3 is 2.39 bits per heavy atom. The maximum absolute atomic E-state index is 13.5. The number of methoxy groups -OCH3 is 1. The van der Waals surface area contributed by atoms with Crippen molar-refractivity contribution in [2.24, 2.45) is 5.10 Å². The number of fused-ring (bicyclic) bond motifs is 1. The number of aromatic nitrogens is 1. The molecule has 0 aliphatic carbocycles. The number of esters is 2. The molecule has 5 aromatic rings. The first kappa shape index (κ1) is 30.1. The van der Waals surface area contributed by atoms with Gasteiger partial charge in [-0.1, -0.05) is 53.6 Å². The number of nitrogens with one attached hydrogen (secondary N) is 2. The number of para-hydroxylation sites is 1.